The van der Waals surface area contributed by atoms with Crippen molar-refractivity contribution in [2.24, 2.45) is 17.8 Å². The summed E-state index contributed by atoms with van der Waals surface area (Å²) in [7, 11) is -4.12. The quantitative estimate of drug-likeness (QED) is 0.0813. The number of aromatic hydroxyl groups is 1. The van der Waals surface area contributed by atoms with Crippen molar-refractivity contribution >= 4 is 59.8 Å². The minimum Gasteiger partial charge on any atom is -0.507 e. The molecule has 6 aromatic carbocycles. The number of benzene rings is 6. The van der Waals surface area contributed by atoms with Gasteiger partial charge in [0.05, 0.1) is 12.7 Å². The Kier molecular flexibility index (Phi) is 11.1. The normalized spacial score (nSPS) is 20.7. The zero-order chi connectivity index (χ0) is 42.3. The Hall–Kier alpha value is -5.64. The molecule has 0 radical (unpaired) electrons. The van der Waals surface area contributed by atoms with Crippen molar-refractivity contribution in [3.05, 3.63) is 185 Å². The summed E-state index contributed by atoms with van der Waals surface area (Å²) in [5.41, 5.74) is 6.05. The lowest BCUT2D eigenvalue weighted by atomic mass is 9.54. The molecule has 9 rings (SSSR count). The molecule has 1 fully saturated rings. The van der Waals surface area contributed by atoms with Gasteiger partial charge in [0, 0.05) is 28.3 Å². The number of hydrogen-bond donors (Lipinski definition) is 2. The van der Waals surface area contributed by atoms with E-state index in [2.05, 4.69) is 87.5 Å². The number of fused-ring (bicyclic) bond motifs is 5. The van der Waals surface area contributed by atoms with Gasteiger partial charge in [-0.2, -0.15) is 0 Å². The van der Waals surface area contributed by atoms with Crippen molar-refractivity contribution < 1.29 is 28.8 Å². The summed E-state index contributed by atoms with van der Waals surface area (Å²) >= 11 is 0. The SMILES string of the molecule is CC(C)(C)[Si](OCC1=C2[C@@H](CC/C(=C/c3ccc(O)c4ccccc34)c3ccccc3)OB(O)C[C@@H]2[C@@H]2C(=O)c3ccccc3C(=O)[C@@H]2C1)(c1ccccc1)c1ccccc1. The average molecular weight is 823 g/mol. The predicted octanol–water partition coefficient (Wildman–Crippen LogP) is 9.95. The monoisotopic (exact) mass is 822 g/mol. The zero-order valence-corrected chi connectivity index (χ0v) is 36.0. The van der Waals surface area contributed by atoms with Crippen LogP contribution in [0, 0.1) is 17.8 Å². The fourth-order valence-corrected chi connectivity index (χ4v) is 15.2. The molecule has 4 atom stereocenters. The van der Waals surface area contributed by atoms with Crippen LogP contribution in [0.15, 0.2) is 163 Å². The van der Waals surface area contributed by atoms with E-state index in [1.54, 1.807) is 18.2 Å². The highest BCUT2D eigenvalue weighted by atomic mass is 28.4. The lowest BCUT2D eigenvalue weighted by molar-refractivity contribution is 0.0592. The number of allylic oxidation sites excluding steroid dienone is 1. The smallest absolute Gasteiger partial charge is 0.455 e. The Labute approximate surface area is 359 Å². The summed E-state index contributed by atoms with van der Waals surface area (Å²) in [5, 5.41) is 26.0. The third-order valence-electron chi connectivity index (χ3n) is 13.3. The number of carbonyl (C=O) groups excluding carboxylic acids is 2. The summed E-state index contributed by atoms with van der Waals surface area (Å²) in [5.74, 6) is -1.40. The highest BCUT2D eigenvalue weighted by molar-refractivity contribution is 6.99. The largest absolute Gasteiger partial charge is 0.507 e. The highest BCUT2D eigenvalue weighted by Gasteiger charge is 2.55. The van der Waals surface area contributed by atoms with Gasteiger partial charge < -0.3 is 19.2 Å². The van der Waals surface area contributed by atoms with Crippen molar-refractivity contribution in [3.8, 4) is 5.75 Å². The summed E-state index contributed by atoms with van der Waals surface area (Å²) in [4.78, 5) is 29.1. The van der Waals surface area contributed by atoms with Crippen LogP contribution in [0.5, 0.6) is 5.75 Å². The molecular formula is C53H51BO6Si. The Morgan fingerprint density at radius 3 is 1.95 bits per heavy atom. The fraction of sp³-hybridized carbons (Fsp3) is 0.245. The highest BCUT2D eigenvalue weighted by Crippen LogP contribution is 2.52. The molecule has 8 heteroatoms. The first-order valence-corrected chi connectivity index (χ1v) is 23.4. The Balaban J connectivity index is 1.16. The summed E-state index contributed by atoms with van der Waals surface area (Å²) in [6.45, 7) is 7.04. The second kappa shape index (κ2) is 16.7. The van der Waals surface area contributed by atoms with Crippen molar-refractivity contribution in [1.82, 2.24) is 0 Å². The van der Waals surface area contributed by atoms with Gasteiger partial charge in [0.1, 0.15) is 5.75 Å². The number of rotatable bonds is 10. The summed E-state index contributed by atoms with van der Waals surface area (Å²) in [6, 6.07) is 50.1. The maximum Gasteiger partial charge on any atom is 0.455 e. The van der Waals surface area contributed by atoms with Crippen LogP contribution in [-0.4, -0.2) is 49.8 Å². The Morgan fingerprint density at radius 1 is 0.738 bits per heavy atom. The first-order chi connectivity index (χ1) is 29.5. The van der Waals surface area contributed by atoms with Crippen molar-refractivity contribution in [1.29, 1.82) is 0 Å². The van der Waals surface area contributed by atoms with Gasteiger partial charge in [-0.1, -0.05) is 172 Å². The van der Waals surface area contributed by atoms with E-state index < -0.39 is 39.3 Å². The van der Waals surface area contributed by atoms with Crippen LogP contribution in [0.25, 0.3) is 22.4 Å². The lowest BCUT2D eigenvalue weighted by Crippen LogP contribution is -2.66. The van der Waals surface area contributed by atoms with Crippen LogP contribution in [0.2, 0.25) is 11.4 Å². The molecule has 3 aliphatic rings. The molecule has 0 amide bonds. The van der Waals surface area contributed by atoms with Crippen LogP contribution in [0.3, 0.4) is 0 Å². The van der Waals surface area contributed by atoms with Crippen LogP contribution >= 0.6 is 0 Å². The van der Waals surface area contributed by atoms with Crippen LogP contribution in [-0.2, 0) is 9.08 Å². The van der Waals surface area contributed by atoms with Gasteiger partial charge >= 0.3 is 7.12 Å². The van der Waals surface area contributed by atoms with E-state index in [4.69, 9.17) is 9.08 Å². The van der Waals surface area contributed by atoms with Crippen LogP contribution in [0.1, 0.15) is 71.9 Å². The standard InChI is InChI=1S/C53H51BO6Si/c1-53(2,3)61(39-19-9-5-10-20-39,40-21-11-6-12-22-40)59-34-38-32-45-50(52(57)44-26-16-15-25-43(44)51(45)56)46-33-54(58)60-48(49(38)46)30-28-36(35-17-7-4-8-18-35)31-37-27-29-47(55)42-24-14-13-23-41(37)42/h4-27,29,31,45-46,48,50,55,58H,28,30,32-34H2,1-3H3/b36-31-/t45-,46+,48-,50-/m1/s1. The van der Waals surface area contributed by atoms with Crippen LogP contribution < -0.4 is 10.4 Å². The predicted molar refractivity (Wildman–Crippen MR) is 248 cm³/mol. The number of ketones is 2. The molecule has 2 N–H and O–H groups in total. The van der Waals surface area contributed by atoms with Gasteiger partial charge in [-0.25, -0.2) is 0 Å². The third kappa shape index (κ3) is 7.46. The Bertz CT molecular complexity index is 2610. The summed E-state index contributed by atoms with van der Waals surface area (Å²) in [6.07, 6.45) is 3.38. The summed E-state index contributed by atoms with van der Waals surface area (Å²) < 4.78 is 14.2. The molecule has 61 heavy (non-hydrogen) atoms. The molecule has 0 unspecified atom stereocenters. The number of phenols is 1. The van der Waals surface area contributed by atoms with Crippen molar-refractivity contribution in [2.75, 3.05) is 6.61 Å². The van der Waals surface area contributed by atoms with Gasteiger partial charge in [-0.05, 0) is 86.2 Å². The van der Waals surface area contributed by atoms with E-state index in [9.17, 15) is 19.7 Å². The number of carbonyl (C=O) groups is 2. The number of Topliss-reactive ketones (excluding diaryl/α,β-unsaturated/α-hetero) is 2. The number of hydrogen-bond acceptors (Lipinski definition) is 6. The van der Waals surface area contributed by atoms with E-state index in [1.807, 2.05) is 72.8 Å². The number of phenolic OH excluding ortho intramolecular Hbond substituents is 1. The molecule has 6 nitrogen and oxygen atoms in total. The van der Waals surface area contributed by atoms with Gasteiger partial charge in [-0.3, -0.25) is 9.59 Å². The first kappa shape index (κ1) is 40.8. The first-order valence-electron chi connectivity index (χ1n) is 21.5. The van der Waals surface area contributed by atoms with E-state index in [0.717, 1.165) is 49.0 Å². The van der Waals surface area contributed by atoms with Gasteiger partial charge in [0.2, 0.25) is 0 Å². The molecule has 0 saturated carbocycles. The minimum absolute atomic E-state index is 0.0184. The molecule has 1 aliphatic heterocycles. The van der Waals surface area contributed by atoms with E-state index >= 15 is 0 Å². The van der Waals surface area contributed by atoms with Crippen molar-refractivity contribution in [3.63, 3.8) is 0 Å². The topological polar surface area (TPSA) is 93.1 Å². The molecule has 0 aromatic heterocycles. The minimum atomic E-state index is -3.01. The third-order valence-corrected chi connectivity index (χ3v) is 18.3. The fourth-order valence-electron chi connectivity index (χ4n) is 10.6. The molecule has 2 aliphatic carbocycles. The second-order valence-corrected chi connectivity index (χ2v) is 22.1. The molecule has 0 spiro atoms. The zero-order valence-electron chi connectivity index (χ0n) is 35.0. The van der Waals surface area contributed by atoms with Gasteiger partial charge in [0.15, 0.2) is 11.6 Å². The molecule has 6 aromatic rings. The van der Waals surface area contributed by atoms with E-state index in [1.165, 1.54) is 0 Å². The average Bonchev–Trinajstić information content (AvgIpc) is 3.28. The lowest BCUT2D eigenvalue weighted by Gasteiger charge is -2.48. The molecule has 1 saturated heterocycles. The maximum atomic E-state index is 14.6. The van der Waals surface area contributed by atoms with E-state index in [-0.39, 0.29) is 35.3 Å². The van der Waals surface area contributed by atoms with E-state index in [0.29, 0.717) is 30.4 Å². The molecule has 306 valence electrons. The Morgan fingerprint density at radius 2 is 1.31 bits per heavy atom. The second-order valence-electron chi connectivity index (χ2n) is 17.8. The van der Waals surface area contributed by atoms with Crippen LogP contribution in [0.4, 0.5) is 0 Å². The van der Waals surface area contributed by atoms with Gasteiger partial charge in [-0.15, -0.1) is 0 Å². The maximum absolute atomic E-state index is 14.6. The van der Waals surface area contributed by atoms with Crippen molar-refractivity contribution in [2.45, 2.75) is 57.5 Å². The molecule has 1 heterocycles. The molecule has 0 bridgehead atoms. The van der Waals surface area contributed by atoms with Gasteiger partial charge in [0.25, 0.3) is 8.32 Å². The molecular weight excluding hydrogens is 771 g/mol.